The van der Waals surface area contributed by atoms with Gasteiger partial charge in [-0.1, -0.05) is 50.9 Å². The van der Waals surface area contributed by atoms with Gasteiger partial charge in [-0.3, -0.25) is 9.59 Å². The fourth-order valence-corrected chi connectivity index (χ4v) is 2.89. The molecule has 2 atom stereocenters. The number of nitrogens with one attached hydrogen (secondary N) is 1. The number of esters is 1. The van der Waals surface area contributed by atoms with E-state index in [1.54, 1.807) is 41.5 Å². The molecule has 0 rings (SSSR count). The highest BCUT2D eigenvalue weighted by atomic mass is 35.5. The Hall–Kier alpha value is -1.52. The molecule has 2 amide bonds. The molecule has 7 nitrogen and oxygen atoms in total. The third-order valence-corrected chi connectivity index (χ3v) is 4.35. The van der Waals surface area contributed by atoms with Crippen LogP contribution in [0.3, 0.4) is 0 Å². The van der Waals surface area contributed by atoms with Crippen LogP contribution in [0.15, 0.2) is 0 Å². The molecule has 0 unspecified atom stereocenters. The first-order valence-corrected chi connectivity index (χ1v) is 10.2. The maximum absolute atomic E-state index is 13.1. The van der Waals surface area contributed by atoms with E-state index in [0.29, 0.717) is 6.42 Å². The summed E-state index contributed by atoms with van der Waals surface area (Å²) in [4.78, 5) is 38.1. The zero-order valence-electron chi connectivity index (χ0n) is 17.6. The number of alkyl halides is 2. The van der Waals surface area contributed by atoms with Gasteiger partial charge in [0.05, 0.1) is 0 Å². The van der Waals surface area contributed by atoms with Gasteiger partial charge in [0.1, 0.15) is 17.7 Å². The molecule has 0 aliphatic heterocycles. The van der Waals surface area contributed by atoms with Crippen LogP contribution < -0.4 is 5.32 Å². The predicted octanol–water partition coefficient (Wildman–Crippen LogP) is 3.18. The molecule has 0 fully saturated rings. The second-order valence-corrected chi connectivity index (χ2v) is 8.98. The van der Waals surface area contributed by atoms with E-state index in [1.807, 2.05) is 13.0 Å². The van der Waals surface area contributed by atoms with Gasteiger partial charge >= 0.3 is 5.97 Å². The molecule has 0 bridgehead atoms. The average Bonchev–Trinajstić information content (AvgIpc) is 2.56. The number of carbonyl (C=O) groups is 3. The fourth-order valence-electron chi connectivity index (χ4n) is 2.64. The van der Waals surface area contributed by atoms with Gasteiger partial charge in [-0.05, 0) is 39.5 Å². The van der Waals surface area contributed by atoms with Crippen molar-refractivity contribution in [3.05, 3.63) is 0 Å². The van der Waals surface area contributed by atoms with Gasteiger partial charge in [-0.15, -0.1) is 0 Å². The number of halogens is 2. The van der Waals surface area contributed by atoms with Crippen LogP contribution in [0, 0.1) is 17.2 Å². The lowest BCUT2D eigenvalue weighted by Gasteiger charge is -2.36. The predicted molar refractivity (Wildman–Crippen MR) is 109 cm³/mol. The first-order chi connectivity index (χ1) is 12.8. The lowest BCUT2D eigenvalue weighted by atomic mass is 9.94. The minimum atomic E-state index is -1.86. The topological polar surface area (TPSA) is 99.5 Å². The Morgan fingerprint density at radius 3 is 2.04 bits per heavy atom. The summed E-state index contributed by atoms with van der Waals surface area (Å²) in [7, 11) is 0. The van der Waals surface area contributed by atoms with Crippen LogP contribution in [-0.4, -0.2) is 51.2 Å². The van der Waals surface area contributed by atoms with E-state index < -0.39 is 39.8 Å². The molecule has 0 spiro atoms. The highest BCUT2D eigenvalue weighted by Crippen LogP contribution is 2.21. The number of nitriles is 1. The van der Waals surface area contributed by atoms with Gasteiger partial charge in [-0.25, -0.2) is 4.79 Å². The van der Waals surface area contributed by atoms with Crippen molar-refractivity contribution in [3.63, 3.8) is 0 Å². The Balaban J connectivity index is 5.90. The summed E-state index contributed by atoms with van der Waals surface area (Å²) in [5, 5.41) is 12.2. The Bertz CT molecular complexity index is 611. The molecule has 9 heteroatoms. The number of carbonyl (C=O) groups excluding carboxylic acids is 3. The van der Waals surface area contributed by atoms with Crippen LogP contribution in [0.4, 0.5) is 0 Å². The van der Waals surface area contributed by atoms with E-state index in [4.69, 9.17) is 27.9 Å². The van der Waals surface area contributed by atoms with E-state index in [1.165, 1.54) is 4.90 Å². The van der Waals surface area contributed by atoms with E-state index in [0.717, 1.165) is 0 Å². The molecular weight excluding hydrogens is 405 g/mol. The summed E-state index contributed by atoms with van der Waals surface area (Å²) in [6.07, 6.45) is 0.580. The van der Waals surface area contributed by atoms with Crippen molar-refractivity contribution in [2.45, 2.75) is 83.3 Å². The molecule has 0 aliphatic rings. The molecule has 0 aromatic heterocycles. The van der Waals surface area contributed by atoms with Gasteiger partial charge in [0.25, 0.3) is 5.91 Å². The third-order valence-electron chi connectivity index (χ3n) is 3.98. The first-order valence-electron chi connectivity index (χ1n) is 9.31. The van der Waals surface area contributed by atoms with Crippen molar-refractivity contribution < 1.29 is 19.1 Å². The minimum Gasteiger partial charge on any atom is -0.457 e. The molecule has 0 aromatic rings. The van der Waals surface area contributed by atoms with Crippen LogP contribution in [0.2, 0.25) is 0 Å². The standard InChI is InChI=1S/C19H31Cl2N3O4/c1-8-10-24(16(26)14(20)21)13(12(3)4)15(25)23-19(9-2,11-22)17(27)28-18(5,6)7/h12-14H,8-10H2,1-7H3,(H,23,25)/t13-,19+/m0/s1. The third kappa shape index (κ3) is 7.14. The molecule has 0 heterocycles. The maximum Gasteiger partial charge on any atom is 0.347 e. The summed E-state index contributed by atoms with van der Waals surface area (Å²) in [5.41, 5.74) is -2.69. The second-order valence-electron chi connectivity index (χ2n) is 7.88. The number of hydrogen-bond donors (Lipinski definition) is 1. The summed E-state index contributed by atoms with van der Waals surface area (Å²) in [5.74, 6) is -2.40. The molecule has 0 aromatic carbocycles. The number of rotatable bonds is 9. The van der Waals surface area contributed by atoms with Crippen molar-refractivity contribution in [2.24, 2.45) is 5.92 Å². The second kappa shape index (κ2) is 10.9. The van der Waals surface area contributed by atoms with E-state index in [2.05, 4.69) is 5.32 Å². The number of amides is 2. The van der Waals surface area contributed by atoms with Crippen molar-refractivity contribution in [3.8, 4) is 6.07 Å². The van der Waals surface area contributed by atoms with Gasteiger partial charge in [-0.2, -0.15) is 5.26 Å². The lowest BCUT2D eigenvalue weighted by Crippen LogP contribution is -2.61. The van der Waals surface area contributed by atoms with E-state index in [-0.39, 0.29) is 18.9 Å². The Morgan fingerprint density at radius 2 is 1.71 bits per heavy atom. The Labute approximate surface area is 177 Å². The molecule has 0 radical (unpaired) electrons. The van der Waals surface area contributed by atoms with Crippen LogP contribution in [-0.2, 0) is 19.1 Å². The van der Waals surface area contributed by atoms with Crippen LogP contribution in [0.5, 0.6) is 0 Å². The molecular formula is C19H31Cl2N3O4. The van der Waals surface area contributed by atoms with Gasteiger partial charge < -0.3 is 15.0 Å². The zero-order chi connectivity index (χ0) is 22.3. The Morgan fingerprint density at radius 1 is 1.18 bits per heavy atom. The molecule has 0 aliphatic carbocycles. The summed E-state index contributed by atoms with van der Waals surface area (Å²) in [6, 6.07) is 0.923. The molecule has 0 saturated carbocycles. The van der Waals surface area contributed by atoms with Crippen molar-refractivity contribution in [1.29, 1.82) is 5.26 Å². The lowest BCUT2D eigenvalue weighted by molar-refractivity contribution is -0.162. The highest BCUT2D eigenvalue weighted by Gasteiger charge is 2.45. The van der Waals surface area contributed by atoms with Crippen LogP contribution >= 0.6 is 23.2 Å². The van der Waals surface area contributed by atoms with Crippen molar-refractivity contribution in [1.82, 2.24) is 10.2 Å². The Kier molecular flexibility index (Phi) is 10.3. The monoisotopic (exact) mass is 435 g/mol. The summed E-state index contributed by atoms with van der Waals surface area (Å²) < 4.78 is 5.32. The smallest absolute Gasteiger partial charge is 0.347 e. The molecule has 1 N–H and O–H groups in total. The first kappa shape index (κ1) is 26.5. The largest absolute Gasteiger partial charge is 0.457 e. The normalized spacial score (nSPS) is 14.8. The average molecular weight is 436 g/mol. The van der Waals surface area contributed by atoms with Gasteiger partial charge in [0.2, 0.25) is 11.4 Å². The highest BCUT2D eigenvalue weighted by molar-refractivity contribution is 6.53. The van der Waals surface area contributed by atoms with Gasteiger partial charge in [0.15, 0.2) is 4.84 Å². The van der Waals surface area contributed by atoms with E-state index in [9.17, 15) is 19.6 Å². The number of ether oxygens (including phenoxy) is 1. The zero-order valence-corrected chi connectivity index (χ0v) is 19.1. The van der Waals surface area contributed by atoms with Crippen molar-refractivity contribution in [2.75, 3.05) is 6.54 Å². The maximum atomic E-state index is 13.1. The number of hydrogen-bond acceptors (Lipinski definition) is 5. The SMILES string of the molecule is CCCN(C(=O)C(Cl)Cl)[C@H](C(=O)N[C@@](C#N)(CC)C(=O)OC(C)(C)C)C(C)C. The van der Waals surface area contributed by atoms with E-state index >= 15 is 0 Å². The van der Waals surface area contributed by atoms with Crippen molar-refractivity contribution >= 4 is 41.0 Å². The van der Waals surface area contributed by atoms with Crippen LogP contribution in [0.1, 0.15) is 61.3 Å². The summed E-state index contributed by atoms with van der Waals surface area (Å²) >= 11 is 11.5. The quantitative estimate of drug-likeness (QED) is 0.442. The number of nitrogens with zero attached hydrogens (tertiary/aromatic N) is 2. The minimum absolute atomic E-state index is 0.00430. The molecule has 160 valence electrons. The van der Waals surface area contributed by atoms with Gasteiger partial charge in [0, 0.05) is 6.54 Å². The van der Waals surface area contributed by atoms with Crippen LogP contribution in [0.25, 0.3) is 0 Å². The summed E-state index contributed by atoms with van der Waals surface area (Å²) in [6.45, 7) is 12.2. The fraction of sp³-hybridized carbons (Fsp3) is 0.789. The molecule has 0 saturated heterocycles. The molecule has 28 heavy (non-hydrogen) atoms.